The normalized spacial score (nSPS) is 25.5. The number of Topliss-reactive ketones (excluding diaryl/α,β-unsaturated/α-hetero) is 1. The van der Waals surface area contributed by atoms with E-state index >= 15 is 0 Å². The Morgan fingerprint density at radius 1 is 1.07 bits per heavy atom. The van der Waals surface area contributed by atoms with Crippen molar-refractivity contribution in [2.24, 2.45) is 5.92 Å². The van der Waals surface area contributed by atoms with Gasteiger partial charge in [-0.1, -0.05) is 37.8 Å². The van der Waals surface area contributed by atoms with Gasteiger partial charge in [0.15, 0.2) is 5.78 Å². The maximum Gasteiger partial charge on any atom is 0.243 e. The van der Waals surface area contributed by atoms with E-state index in [1.54, 1.807) is 26.0 Å². The topological polar surface area (TPSA) is 182 Å². The highest BCUT2D eigenvalue weighted by molar-refractivity contribution is 8.25. The monoisotopic (exact) mass is 649 g/mol. The number of epoxide rings is 1. The third kappa shape index (κ3) is 9.17. The van der Waals surface area contributed by atoms with E-state index in [-0.39, 0.29) is 30.4 Å². The number of amides is 3. The highest BCUT2D eigenvalue weighted by Gasteiger charge is 2.50. The van der Waals surface area contributed by atoms with Crippen molar-refractivity contribution in [3.05, 3.63) is 29.3 Å². The maximum absolute atomic E-state index is 13.9. The molecule has 250 valence electrons. The van der Waals surface area contributed by atoms with Crippen molar-refractivity contribution >= 4 is 40.0 Å². The molecule has 2 saturated heterocycles. The molecule has 1 aliphatic carbocycles. The summed E-state index contributed by atoms with van der Waals surface area (Å²) in [5.41, 5.74) is 1.35. The summed E-state index contributed by atoms with van der Waals surface area (Å²) in [4.78, 5) is 55.3. The summed E-state index contributed by atoms with van der Waals surface area (Å²) >= 11 is 0. The first kappa shape index (κ1) is 33.6. The Balaban J connectivity index is 1.29. The third-order valence-electron chi connectivity index (χ3n) is 9.19. The Morgan fingerprint density at radius 3 is 2.44 bits per heavy atom. The van der Waals surface area contributed by atoms with Gasteiger partial charge in [0.05, 0.1) is 43.8 Å². The number of ketones is 1. The summed E-state index contributed by atoms with van der Waals surface area (Å²) in [5.74, 6) is -0.950. The number of rotatable bonds is 13. The quantitative estimate of drug-likeness (QED) is 0.172. The smallest absolute Gasteiger partial charge is 0.243 e. The molecule has 0 aromatic heterocycles. The first-order chi connectivity index (χ1) is 21.4. The van der Waals surface area contributed by atoms with Crippen molar-refractivity contribution in [1.29, 1.82) is 0 Å². The maximum atomic E-state index is 13.9. The van der Waals surface area contributed by atoms with Crippen LogP contribution in [-0.2, 0) is 41.5 Å². The van der Waals surface area contributed by atoms with Crippen molar-refractivity contribution in [2.45, 2.75) is 82.5 Å². The molecule has 1 saturated carbocycles. The van der Waals surface area contributed by atoms with E-state index in [9.17, 15) is 28.3 Å². The molecule has 4 unspecified atom stereocenters. The SMILES string of the molecule is CC(NC(=O)CN1CCOCC1)C(=O)NC(Cc1ccc2c(c1)CCS(O)(O)N2)C(=O)NC(CC1CCCC1)C(=O)C1(C)CO1. The van der Waals surface area contributed by atoms with E-state index in [2.05, 4.69) is 20.7 Å². The zero-order valence-electron chi connectivity index (χ0n) is 26.1. The highest BCUT2D eigenvalue weighted by atomic mass is 32.3. The largest absolute Gasteiger partial charge is 0.379 e. The van der Waals surface area contributed by atoms with Crippen molar-refractivity contribution in [2.75, 3.05) is 49.9 Å². The predicted molar refractivity (Wildman–Crippen MR) is 170 cm³/mol. The van der Waals surface area contributed by atoms with E-state index in [4.69, 9.17) is 9.47 Å². The lowest BCUT2D eigenvalue weighted by molar-refractivity contribution is -0.134. The lowest BCUT2D eigenvalue weighted by Gasteiger charge is -2.38. The number of hydrogen-bond acceptors (Lipinski definition) is 10. The summed E-state index contributed by atoms with van der Waals surface area (Å²) < 4.78 is 33.7. The molecule has 13 nitrogen and oxygen atoms in total. The molecule has 3 aliphatic heterocycles. The van der Waals surface area contributed by atoms with Gasteiger partial charge in [-0.25, -0.2) is 0 Å². The molecular formula is C31H47N5O8S. The number of anilines is 1. The minimum Gasteiger partial charge on any atom is -0.379 e. The fourth-order valence-electron chi connectivity index (χ4n) is 6.32. The van der Waals surface area contributed by atoms with Gasteiger partial charge >= 0.3 is 0 Å². The number of ether oxygens (including phenoxy) is 2. The van der Waals surface area contributed by atoms with Crippen LogP contribution < -0.4 is 20.7 Å². The summed E-state index contributed by atoms with van der Waals surface area (Å²) in [5, 5.41) is 8.51. The number of nitrogens with zero attached hydrogens (tertiary/aromatic N) is 1. The van der Waals surface area contributed by atoms with Gasteiger partial charge in [-0.05, 0) is 49.8 Å². The Morgan fingerprint density at radius 2 is 1.76 bits per heavy atom. The van der Waals surface area contributed by atoms with Gasteiger partial charge in [-0.15, -0.1) is 10.8 Å². The molecule has 5 rings (SSSR count). The molecule has 4 atom stereocenters. The lowest BCUT2D eigenvalue weighted by atomic mass is 9.90. The van der Waals surface area contributed by atoms with Crippen LogP contribution in [0.15, 0.2) is 18.2 Å². The molecule has 0 spiro atoms. The zero-order valence-corrected chi connectivity index (χ0v) is 27.0. The van der Waals surface area contributed by atoms with E-state index in [1.807, 2.05) is 11.0 Å². The van der Waals surface area contributed by atoms with Crippen molar-refractivity contribution < 1.29 is 37.8 Å². The number of morpholine rings is 1. The molecule has 1 aromatic rings. The first-order valence-corrected chi connectivity index (χ1v) is 17.7. The molecule has 4 aliphatic rings. The van der Waals surface area contributed by atoms with E-state index in [0.29, 0.717) is 57.4 Å². The summed E-state index contributed by atoms with van der Waals surface area (Å²) in [6.07, 6.45) is 5.32. The standard InChI is InChI=1S/C31H47N5O8S/c1-20(32-27(37)18-36-10-12-43-13-11-36)29(39)34-26(17-22-7-8-24-23(15-22)9-14-45(41,42)35-24)30(40)33-25(16-21-5-3-4-6-21)28(38)31(2)19-44-31/h7-8,15,20-21,25-26,35,41-42H,3-6,9-14,16-19H2,1-2H3,(H,32,37)(H,33,40)(H,34,39). The number of hydrogen-bond donors (Lipinski definition) is 6. The Hall–Kier alpha value is -2.75. The lowest BCUT2D eigenvalue weighted by Crippen LogP contribution is -2.57. The minimum absolute atomic E-state index is 0.133. The van der Waals surface area contributed by atoms with E-state index < -0.39 is 46.3 Å². The van der Waals surface area contributed by atoms with Crippen molar-refractivity contribution in [3.63, 3.8) is 0 Å². The molecule has 1 aromatic carbocycles. The number of nitrogens with one attached hydrogen (secondary N) is 4. The van der Waals surface area contributed by atoms with Crippen molar-refractivity contribution in [1.82, 2.24) is 20.9 Å². The van der Waals surface area contributed by atoms with Crippen LogP contribution in [-0.4, -0.2) is 106 Å². The van der Waals surface area contributed by atoms with Crippen LogP contribution >= 0.6 is 10.8 Å². The van der Waals surface area contributed by atoms with Gasteiger partial charge in [0.25, 0.3) is 0 Å². The van der Waals surface area contributed by atoms with Crippen LogP contribution in [0.2, 0.25) is 0 Å². The molecule has 3 heterocycles. The second kappa shape index (κ2) is 14.3. The molecular weight excluding hydrogens is 602 g/mol. The minimum atomic E-state index is -2.89. The number of benzene rings is 1. The molecule has 3 fully saturated rings. The molecule has 0 bridgehead atoms. The summed E-state index contributed by atoms with van der Waals surface area (Å²) in [6.45, 7) is 6.14. The number of aryl methyl sites for hydroxylation is 1. The van der Waals surface area contributed by atoms with Gasteiger partial charge in [0, 0.05) is 19.5 Å². The average Bonchev–Trinajstić information content (AvgIpc) is 3.54. The fourth-order valence-corrected chi connectivity index (χ4v) is 7.48. The van der Waals surface area contributed by atoms with Gasteiger partial charge < -0.3 is 25.4 Å². The predicted octanol–water partition coefficient (Wildman–Crippen LogP) is 1.61. The molecule has 45 heavy (non-hydrogen) atoms. The molecule has 6 N–H and O–H groups in total. The second-order valence-corrected chi connectivity index (χ2v) is 14.9. The molecule has 3 amide bonds. The molecule has 0 radical (unpaired) electrons. The van der Waals surface area contributed by atoms with Crippen LogP contribution in [0.4, 0.5) is 5.69 Å². The average molecular weight is 650 g/mol. The summed E-state index contributed by atoms with van der Waals surface area (Å²) in [7, 11) is -2.89. The van der Waals surface area contributed by atoms with Crippen LogP contribution in [0.25, 0.3) is 0 Å². The third-order valence-corrected chi connectivity index (χ3v) is 10.5. The fraction of sp³-hybridized carbons (Fsp3) is 0.677. The van der Waals surface area contributed by atoms with Gasteiger partial charge in [-0.3, -0.25) is 37.9 Å². The van der Waals surface area contributed by atoms with Crippen LogP contribution in [0, 0.1) is 5.92 Å². The number of carbonyl (C=O) groups is 4. The van der Waals surface area contributed by atoms with Crippen LogP contribution in [0.5, 0.6) is 0 Å². The van der Waals surface area contributed by atoms with Gasteiger partial charge in [-0.2, -0.15) is 0 Å². The number of carbonyl (C=O) groups excluding carboxylic acids is 4. The van der Waals surface area contributed by atoms with Gasteiger partial charge in [0.2, 0.25) is 17.7 Å². The molecule has 14 heteroatoms. The summed E-state index contributed by atoms with van der Waals surface area (Å²) in [6, 6.07) is 2.72. The van der Waals surface area contributed by atoms with Crippen molar-refractivity contribution in [3.8, 4) is 0 Å². The Labute approximate surface area is 266 Å². The van der Waals surface area contributed by atoms with E-state index in [0.717, 1.165) is 36.8 Å². The number of fused-ring (bicyclic) bond motifs is 1. The van der Waals surface area contributed by atoms with E-state index in [1.165, 1.54) is 0 Å². The van der Waals surface area contributed by atoms with Crippen LogP contribution in [0.3, 0.4) is 0 Å². The Kier molecular flexibility index (Phi) is 10.7. The Bertz CT molecular complexity index is 1260. The van der Waals surface area contributed by atoms with Gasteiger partial charge in [0.1, 0.15) is 17.7 Å². The second-order valence-electron chi connectivity index (χ2n) is 13.0. The zero-order chi connectivity index (χ0) is 32.2. The first-order valence-electron chi connectivity index (χ1n) is 15.9. The highest BCUT2D eigenvalue weighted by Crippen LogP contribution is 2.44. The van der Waals surface area contributed by atoms with Crippen LogP contribution in [0.1, 0.15) is 57.1 Å².